The molecule has 0 bridgehead atoms. The van der Waals surface area contributed by atoms with Gasteiger partial charge in [0.1, 0.15) is 0 Å². The van der Waals surface area contributed by atoms with Gasteiger partial charge in [-0.05, 0) is 43.5 Å². The number of amides is 1. The number of anilines is 1. The fourth-order valence-corrected chi connectivity index (χ4v) is 1.77. The number of ketones is 1. The van der Waals surface area contributed by atoms with Crippen LogP contribution >= 0.6 is 0 Å². The molecule has 0 unspecified atom stereocenters. The summed E-state index contributed by atoms with van der Waals surface area (Å²) in [6.45, 7) is 5.80. The van der Waals surface area contributed by atoms with Crippen molar-refractivity contribution in [3.8, 4) is 0 Å². The summed E-state index contributed by atoms with van der Waals surface area (Å²) in [5, 5.41) is 2.57. The van der Waals surface area contributed by atoms with E-state index in [1.54, 1.807) is 0 Å². The zero-order valence-electron chi connectivity index (χ0n) is 8.39. The van der Waals surface area contributed by atoms with Gasteiger partial charge >= 0.3 is 0 Å². The van der Waals surface area contributed by atoms with Crippen LogP contribution in [-0.4, -0.2) is 11.7 Å². The lowest BCUT2D eigenvalue weighted by molar-refractivity contribution is -0.112. The second-order valence-corrected chi connectivity index (χ2v) is 3.65. The first kappa shape index (κ1) is 8.94. The highest BCUT2D eigenvalue weighted by atomic mass is 16.2. The van der Waals surface area contributed by atoms with Gasteiger partial charge in [-0.1, -0.05) is 0 Å². The Morgan fingerprint density at radius 2 is 1.71 bits per heavy atom. The maximum absolute atomic E-state index is 11.5. The Balaban J connectivity index is 2.77. The molecular weight excluding hydrogens is 178 g/mol. The normalized spacial score (nSPS) is 14.2. The van der Waals surface area contributed by atoms with Crippen molar-refractivity contribution in [2.45, 2.75) is 20.8 Å². The van der Waals surface area contributed by atoms with Gasteiger partial charge < -0.3 is 5.32 Å². The van der Waals surface area contributed by atoms with Crippen LogP contribution in [0.2, 0.25) is 0 Å². The molecule has 1 heterocycles. The van der Waals surface area contributed by atoms with Gasteiger partial charge in [-0.2, -0.15) is 0 Å². The fourth-order valence-electron chi connectivity index (χ4n) is 1.77. The van der Waals surface area contributed by atoms with Gasteiger partial charge in [-0.15, -0.1) is 0 Å². The van der Waals surface area contributed by atoms with Crippen molar-refractivity contribution < 1.29 is 9.59 Å². The first-order valence-corrected chi connectivity index (χ1v) is 4.49. The lowest BCUT2D eigenvalue weighted by Crippen LogP contribution is -2.12. The molecule has 1 aromatic rings. The van der Waals surface area contributed by atoms with Crippen LogP contribution in [0.15, 0.2) is 6.07 Å². The summed E-state index contributed by atoms with van der Waals surface area (Å²) in [5.74, 6) is -0.936. The minimum absolute atomic E-state index is 0.416. The van der Waals surface area contributed by atoms with Gasteiger partial charge in [-0.3, -0.25) is 9.59 Å². The van der Waals surface area contributed by atoms with Crippen molar-refractivity contribution in [1.29, 1.82) is 0 Å². The van der Waals surface area contributed by atoms with E-state index < -0.39 is 11.7 Å². The molecule has 0 atom stereocenters. The number of rotatable bonds is 0. The minimum Gasteiger partial charge on any atom is -0.318 e. The highest BCUT2D eigenvalue weighted by Gasteiger charge is 2.30. The van der Waals surface area contributed by atoms with Crippen molar-refractivity contribution in [2.75, 3.05) is 5.32 Å². The number of nitrogens with one attached hydrogen (secondary N) is 1. The Bertz CT molecular complexity index is 461. The number of hydrogen-bond donors (Lipinski definition) is 1. The van der Waals surface area contributed by atoms with E-state index in [1.807, 2.05) is 26.8 Å². The molecule has 3 heteroatoms. The number of carbonyl (C=O) groups excluding carboxylic acids is 2. The molecule has 72 valence electrons. The van der Waals surface area contributed by atoms with E-state index in [9.17, 15) is 9.59 Å². The molecule has 1 aliphatic rings. The van der Waals surface area contributed by atoms with Gasteiger partial charge in [0.15, 0.2) is 0 Å². The molecule has 2 rings (SSSR count). The molecule has 0 aliphatic carbocycles. The van der Waals surface area contributed by atoms with Crippen molar-refractivity contribution in [3.05, 3.63) is 28.3 Å². The predicted octanol–water partition coefficient (Wildman–Crippen LogP) is 1.75. The maximum atomic E-state index is 11.5. The SMILES string of the molecule is Cc1cc2c(c(C)c1C)C(=O)C(=O)N2. The Hall–Kier alpha value is -1.64. The summed E-state index contributed by atoms with van der Waals surface area (Å²) in [4.78, 5) is 22.6. The molecular formula is C11H11NO2. The maximum Gasteiger partial charge on any atom is 0.296 e. The number of hydrogen-bond acceptors (Lipinski definition) is 2. The van der Waals surface area contributed by atoms with Crippen molar-refractivity contribution in [3.63, 3.8) is 0 Å². The molecule has 1 amide bonds. The van der Waals surface area contributed by atoms with E-state index in [-0.39, 0.29) is 0 Å². The molecule has 0 spiro atoms. The van der Waals surface area contributed by atoms with E-state index in [2.05, 4.69) is 5.32 Å². The van der Waals surface area contributed by atoms with Crippen LogP contribution in [0.25, 0.3) is 0 Å². The van der Waals surface area contributed by atoms with Crippen molar-refractivity contribution >= 4 is 17.4 Å². The fraction of sp³-hybridized carbons (Fsp3) is 0.273. The van der Waals surface area contributed by atoms with Crippen LogP contribution in [-0.2, 0) is 4.79 Å². The highest BCUT2D eigenvalue weighted by Crippen LogP contribution is 2.30. The third-order valence-corrected chi connectivity index (χ3v) is 2.84. The summed E-state index contributed by atoms with van der Waals surface area (Å²) in [6, 6.07) is 1.85. The molecule has 1 aliphatic heterocycles. The molecule has 0 aromatic heterocycles. The van der Waals surface area contributed by atoms with Crippen LogP contribution in [0.1, 0.15) is 27.0 Å². The number of fused-ring (bicyclic) bond motifs is 1. The lowest BCUT2D eigenvalue weighted by Gasteiger charge is -2.08. The quantitative estimate of drug-likeness (QED) is 0.632. The monoisotopic (exact) mass is 189 g/mol. The second kappa shape index (κ2) is 2.67. The largest absolute Gasteiger partial charge is 0.318 e. The molecule has 1 N–H and O–H groups in total. The molecule has 14 heavy (non-hydrogen) atoms. The average Bonchev–Trinajstić information content (AvgIpc) is 2.39. The Morgan fingerprint density at radius 1 is 1.07 bits per heavy atom. The standard InChI is InChI=1S/C11H11NO2/c1-5-4-8-9(7(3)6(5)2)10(13)11(14)12-8/h4H,1-3H3,(H,12,13,14). The summed E-state index contributed by atoms with van der Waals surface area (Å²) < 4.78 is 0. The van der Waals surface area contributed by atoms with E-state index >= 15 is 0 Å². The highest BCUT2D eigenvalue weighted by molar-refractivity contribution is 6.52. The summed E-state index contributed by atoms with van der Waals surface area (Å²) in [7, 11) is 0. The van der Waals surface area contributed by atoms with Crippen LogP contribution < -0.4 is 5.32 Å². The molecule has 0 saturated carbocycles. The van der Waals surface area contributed by atoms with Gasteiger partial charge in [0.05, 0.1) is 11.3 Å². The van der Waals surface area contributed by atoms with Gasteiger partial charge in [0.2, 0.25) is 0 Å². The topological polar surface area (TPSA) is 46.2 Å². The summed E-state index contributed by atoms with van der Waals surface area (Å²) in [5.41, 5.74) is 4.27. The van der Waals surface area contributed by atoms with Gasteiger partial charge in [-0.25, -0.2) is 0 Å². The van der Waals surface area contributed by atoms with E-state index in [1.165, 1.54) is 0 Å². The van der Waals surface area contributed by atoms with Gasteiger partial charge in [0, 0.05) is 0 Å². The zero-order valence-corrected chi connectivity index (χ0v) is 8.39. The van der Waals surface area contributed by atoms with E-state index in [0.717, 1.165) is 16.7 Å². The predicted molar refractivity (Wildman–Crippen MR) is 53.6 cm³/mol. The molecule has 0 saturated heterocycles. The summed E-state index contributed by atoms with van der Waals surface area (Å²) >= 11 is 0. The summed E-state index contributed by atoms with van der Waals surface area (Å²) in [6.07, 6.45) is 0. The molecule has 0 fully saturated rings. The Kier molecular flexibility index (Phi) is 1.71. The van der Waals surface area contributed by atoms with Crippen LogP contribution in [0, 0.1) is 20.8 Å². The van der Waals surface area contributed by atoms with E-state index in [4.69, 9.17) is 0 Å². The number of aryl methyl sites for hydroxylation is 1. The zero-order chi connectivity index (χ0) is 10.5. The molecule has 1 aromatic carbocycles. The van der Waals surface area contributed by atoms with Crippen molar-refractivity contribution in [1.82, 2.24) is 0 Å². The first-order valence-electron chi connectivity index (χ1n) is 4.49. The Labute approximate surface area is 82.1 Å². The van der Waals surface area contributed by atoms with Crippen molar-refractivity contribution in [2.24, 2.45) is 0 Å². The Morgan fingerprint density at radius 3 is 2.36 bits per heavy atom. The van der Waals surface area contributed by atoms with Crippen LogP contribution in [0.3, 0.4) is 0 Å². The molecule has 3 nitrogen and oxygen atoms in total. The number of benzene rings is 1. The smallest absolute Gasteiger partial charge is 0.296 e. The average molecular weight is 189 g/mol. The molecule has 0 radical (unpaired) electrons. The number of Topliss-reactive ketones (excluding diaryl/α,β-unsaturated/α-hetero) is 1. The number of carbonyl (C=O) groups is 2. The van der Waals surface area contributed by atoms with Gasteiger partial charge in [0.25, 0.3) is 11.7 Å². The lowest BCUT2D eigenvalue weighted by atomic mass is 9.96. The van der Waals surface area contributed by atoms with E-state index in [0.29, 0.717) is 11.3 Å². The van der Waals surface area contributed by atoms with Crippen LogP contribution in [0.5, 0.6) is 0 Å². The third kappa shape index (κ3) is 0.985. The minimum atomic E-state index is -0.520. The third-order valence-electron chi connectivity index (χ3n) is 2.84. The first-order chi connectivity index (χ1) is 6.52. The van der Waals surface area contributed by atoms with Crippen LogP contribution in [0.4, 0.5) is 5.69 Å². The second-order valence-electron chi connectivity index (χ2n) is 3.65.